The third-order valence-electron chi connectivity index (χ3n) is 11.5. The van der Waals surface area contributed by atoms with Gasteiger partial charge >= 0.3 is 0 Å². The summed E-state index contributed by atoms with van der Waals surface area (Å²) in [6, 6.07) is 9.84. The Bertz CT molecular complexity index is 1420. The molecule has 2 saturated carbocycles. The molecule has 3 aliphatic heterocycles. The topological polar surface area (TPSA) is 88.5 Å². The van der Waals surface area contributed by atoms with Crippen LogP contribution in [-0.2, 0) is 29.6 Å². The lowest BCUT2D eigenvalue weighted by Crippen LogP contribution is -2.78. The van der Waals surface area contributed by atoms with Crippen molar-refractivity contribution in [3.05, 3.63) is 52.6 Å². The molecule has 41 heavy (non-hydrogen) atoms. The number of carbonyl (C=O) groups excluding carboxylic acids is 1. The zero-order valence-electron chi connectivity index (χ0n) is 24.4. The molecule has 3 fully saturated rings. The fraction of sp³-hybridized carbons (Fsp3) is 0.606. The molecule has 1 saturated heterocycles. The molecule has 0 aromatic heterocycles. The zero-order chi connectivity index (χ0) is 28.3. The SMILES string of the molecule is CN(C)c1ccc2c(c1)CN(C)C(C(=O)N[C@H]1CC[C@@]3(O)[C@H]4Cc5ccc(O)c6c5[C@@]3(CCN4CC3CC3)[C@H]1O6)C2. The molecular formula is C33H42N4O4. The van der Waals surface area contributed by atoms with Crippen LogP contribution in [-0.4, -0.2) is 90.0 Å². The number of aromatic hydroxyl groups is 1. The molecule has 8 nitrogen and oxygen atoms in total. The van der Waals surface area contributed by atoms with Gasteiger partial charge in [0.1, 0.15) is 6.10 Å². The highest BCUT2D eigenvalue weighted by Gasteiger charge is 2.73. The molecule has 8 rings (SSSR count). The molecule has 1 spiro atoms. The van der Waals surface area contributed by atoms with Crippen LogP contribution in [0.15, 0.2) is 30.3 Å². The Labute approximate surface area is 242 Å². The summed E-state index contributed by atoms with van der Waals surface area (Å²) in [7, 11) is 6.13. The van der Waals surface area contributed by atoms with Crippen LogP contribution in [0.2, 0.25) is 0 Å². The number of nitrogens with zero attached hydrogens (tertiary/aromatic N) is 3. The highest BCUT2D eigenvalue weighted by atomic mass is 16.5. The van der Waals surface area contributed by atoms with E-state index in [-0.39, 0.29) is 29.8 Å². The Balaban J connectivity index is 1.10. The summed E-state index contributed by atoms with van der Waals surface area (Å²) < 4.78 is 6.66. The van der Waals surface area contributed by atoms with Crippen molar-refractivity contribution in [2.24, 2.45) is 5.92 Å². The van der Waals surface area contributed by atoms with Gasteiger partial charge in [-0.15, -0.1) is 0 Å². The van der Waals surface area contributed by atoms with Gasteiger partial charge in [-0.2, -0.15) is 0 Å². The summed E-state index contributed by atoms with van der Waals surface area (Å²) in [4.78, 5) is 20.7. The normalized spacial score (nSPS) is 35.3. The van der Waals surface area contributed by atoms with Crippen molar-refractivity contribution in [2.45, 2.75) is 86.7 Å². The molecule has 8 heteroatoms. The van der Waals surface area contributed by atoms with E-state index in [4.69, 9.17) is 4.74 Å². The second kappa shape index (κ2) is 8.85. The van der Waals surface area contributed by atoms with E-state index >= 15 is 0 Å². The van der Waals surface area contributed by atoms with Crippen LogP contribution >= 0.6 is 0 Å². The van der Waals surface area contributed by atoms with Crippen LogP contribution in [0.1, 0.15) is 54.4 Å². The van der Waals surface area contributed by atoms with Crippen LogP contribution in [0.25, 0.3) is 0 Å². The molecule has 6 atom stereocenters. The van der Waals surface area contributed by atoms with Crippen molar-refractivity contribution in [1.82, 2.24) is 15.1 Å². The number of hydrogen-bond donors (Lipinski definition) is 3. The minimum Gasteiger partial charge on any atom is -0.504 e. The van der Waals surface area contributed by atoms with E-state index in [1.165, 1.54) is 35.2 Å². The van der Waals surface area contributed by atoms with Crippen LogP contribution in [0.4, 0.5) is 5.69 Å². The van der Waals surface area contributed by atoms with Gasteiger partial charge in [0.25, 0.3) is 0 Å². The van der Waals surface area contributed by atoms with E-state index in [9.17, 15) is 15.0 Å². The number of piperidine rings is 1. The first-order valence-corrected chi connectivity index (χ1v) is 15.5. The predicted molar refractivity (Wildman–Crippen MR) is 156 cm³/mol. The lowest BCUT2D eigenvalue weighted by atomic mass is 9.48. The number of likely N-dealkylation sites (tertiary alicyclic amines) is 1. The van der Waals surface area contributed by atoms with Gasteiger partial charge in [-0.3, -0.25) is 14.6 Å². The molecule has 0 radical (unpaired) electrons. The minimum absolute atomic E-state index is 0.0178. The molecule has 2 bridgehead atoms. The van der Waals surface area contributed by atoms with Crippen molar-refractivity contribution in [3.8, 4) is 11.5 Å². The quantitative estimate of drug-likeness (QED) is 0.520. The molecule has 3 N–H and O–H groups in total. The maximum Gasteiger partial charge on any atom is 0.238 e. The number of benzene rings is 2. The van der Waals surface area contributed by atoms with Gasteiger partial charge in [0, 0.05) is 44.5 Å². The maximum atomic E-state index is 13.9. The average Bonchev–Trinajstić information content (AvgIpc) is 3.69. The number of aliphatic hydroxyl groups is 1. The molecule has 3 heterocycles. The number of rotatable bonds is 5. The summed E-state index contributed by atoms with van der Waals surface area (Å²) in [5.41, 5.74) is 4.29. The Kier molecular flexibility index (Phi) is 5.58. The summed E-state index contributed by atoms with van der Waals surface area (Å²) in [5, 5.41) is 27.0. The van der Waals surface area contributed by atoms with Crippen molar-refractivity contribution >= 4 is 11.6 Å². The fourth-order valence-electron chi connectivity index (χ4n) is 9.18. The smallest absolute Gasteiger partial charge is 0.238 e. The van der Waals surface area contributed by atoms with Gasteiger partial charge in [-0.25, -0.2) is 0 Å². The molecule has 2 aromatic carbocycles. The van der Waals surface area contributed by atoms with E-state index in [0.717, 1.165) is 44.0 Å². The van der Waals surface area contributed by atoms with Crippen LogP contribution in [0.5, 0.6) is 11.5 Å². The van der Waals surface area contributed by atoms with Gasteiger partial charge in [-0.05, 0) is 99.3 Å². The standard InChI is InChI=1S/C33H42N4O4/c1-35(2)23-8-6-20-15-25(36(3)18-22(20)14-23)31(39)34-24-10-11-33(40)27-16-21-7-9-26(38)29-28(21)32(33,30(24)41-29)12-13-37(27)17-19-4-5-19/h6-9,14,19,24-25,27,30,38,40H,4-5,10-13,15-18H2,1-3H3,(H,34,39)/t24-,25?,27+,30-,32-,33+/m0/s1. The fourth-order valence-corrected chi connectivity index (χ4v) is 9.18. The number of anilines is 1. The Morgan fingerprint density at radius 2 is 1.90 bits per heavy atom. The second-order valence-electron chi connectivity index (χ2n) is 13.9. The maximum absolute atomic E-state index is 13.9. The van der Waals surface area contributed by atoms with E-state index in [1.807, 2.05) is 27.2 Å². The molecule has 218 valence electrons. The number of hydrogen-bond acceptors (Lipinski definition) is 7. The number of ether oxygens (including phenoxy) is 1. The van der Waals surface area contributed by atoms with Crippen LogP contribution in [0.3, 0.4) is 0 Å². The van der Waals surface area contributed by atoms with E-state index < -0.39 is 17.1 Å². The monoisotopic (exact) mass is 558 g/mol. The summed E-state index contributed by atoms with van der Waals surface area (Å²) >= 11 is 0. The summed E-state index contributed by atoms with van der Waals surface area (Å²) in [5.74, 6) is 1.44. The number of phenolic OH excluding ortho intramolecular Hbond substituents is 1. The highest BCUT2D eigenvalue weighted by molar-refractivity contribution is 5.83. The number of amides is 1. The lowest BCUT2D eigenvalue weighted by molar-refractivity contribution is -0.192. The lowest BCUT2D eigenvalue weighted by Gasteiger charge is -2.64. The largest absolute Gasteiger partial charge is 0.504 e. The summed E-state index contributed by atoms with van der Waals surface area (Å²) in [6.45, 7) is 2.70. The number of fused-ring (bicyclic) bond motifs is 1. The van der Waals surface area contributed by atoms with Gasteiger partial charge < -0.3 is 25.2 Å². The molecular weight excluding hydrogens is 516 g/mol. The number of nitrogens with one attached hydrogen (secondary N) is 1. The Hall–Kier alpha value is -2.81. The van der Waals surface area contributed by atoms with E-state index in [2.05, 4.69) is 38.2 Å². The van der Waals surface area contributed by atoms with Gasteiger partial charge in [0.2, 0.25) is 5.91 Å². The molecule has 1 unspecified atom stereocenters. The minimum atomic E-state index is -0.942. The Morgan fingerprint density at radius 1 is 1.10 bits per heavy atom. The van der Waals surface area contributed by atoms with Gasteiger partial charge in [0.05, 0.1) is 23.1 Å². The zero-order valence-corrected chi connectivity index (χ0v) is 24.4. The number of carbonyl (C=O) groups is 1. The number of phenols is 1. The van der Waals surface area contributed by atoms with Gasteiger partial charge in [0.15, 0.2) is 11.5 Å². The average molecular weight is 559 g/mol. The van der Waals surface area contributed by atoms with Gasteiger partial charge in [-0.1, -0.05) is 12.1 Å². The third kappa shape index (κ3) is 3.59. The molecule has 2 aromatic rings. The van der Waals surface area contributed by atoms with Crippen LogP contribution < -0.4 is 15.0 Å². The van der Waals surface area contributed by atoms with E-state index in [1.54, 1.807) is 6.07 Å². The van der Waals surface area contributed by atoms with Crippen molar-refractivity contribution in [3.63, 3.8) is 0 Å². The van der Waals surface area contributed by atoms with Crippen molar-refractivity contribution < 1.29 is 19.7 Å². The number of likely N-dealkylation sites (N-methyl/N-ethyl adjacent to an activating group) is 1. The first-order chi connectivity index (χ1) is 19.7. The second-order valence-corrected chi connectivity index (χ2v) is 13.9. The molecule has 3 aliphatic carbocycles. The Morgan fingerprint density at radius 3 is 2.68 bits per heavy atom. The van der Waals surface area contributed by atoms with E-state index in [0.29, 0.717) is 25.0 Å². The van der Waals surface area contributed by atoms with Crippen molar-refractivity contribution in [1.29, 1.82) is 0 Å². The molecule has 6 aliphatic rings. The van der Waals surface area contributed by atoms with Crippen molar-refractivity contribution in [2.75, 3.05) is 39.1 Å². The highest BCUT2D eigenvalue weighted by Crippen LogP contribution is 2.65. The predicted octanol–water partition coefficient (Wildman–Crippen LogP) is 2.56. The summed E-state index contributed by atoms with van der Waals surface area (Å²) in [6.07, 6.45) is 5.68. The molecule has 1 amide bonds. The third-order valence-corrected chi connectivity index (χ3v) is 11.5. The first-order valence-electron chi connectivity index (χ1n) is 15.5. The first kappa shape index (κ1) is 25.9. The van der Waals surface area contributed by atoms with Crippen LogP contribution in [0, 0.1) is 5.92 Å².